The summed E-state index contributed by atoms with van der Waals surface area (Å²) in [6, 6.07) is 42.4. The van der Waals surface area contributed by atoms with Crippen molar-refractivity contribution in [1.82, 2.24) is 0 Å². The summed E-state index contributed by atoms with van der Waals surface area (Å²) >= 11 is 6.16. The zero-order chi connectivity index (χ0) is 32.7. The first kappa shape index (κ1) is 32.5. The molecular formula is C39H33ClN2O3S. The topological polar surface area (TPSA) is 90.2 Å². The van der Waals surface area contributed by atoms with Crippen molar-refractivity contribution in [2.45, 2.75) is 30.7 Å². The van der Waals surface area contributed by atoms with Gasteiger partial charge in [-0.3, -0.25) is 4.55 Å². The lowest BCUT2D eigenvalue weighted by atomic mass is 9.88. The number of hydrogen-bond acceptors (Lipinski definition) is 4. The van der Waals surface area contributed by atoms with Gasteiger partial charge in [0.2, 0.25) is 0 Å². The zero-order valence-electron chi connectivity index (χ0n) is 25.5. The predicted molar refractivity (Wildman–Crippen MR) is 189 cm³/mol. The molecule has 230 valence electrons. The molecule has 46 heavy (non-hydrogen) atoms. The molecule has 0 radical (unpaired) electrons. The molecule has 0 aliphatic carbocycles. The van der Waals surface area contributed by atoms with Gasteiger partial charge in [0.05, 0.1) is 22.1 Å². The maximum Gasteiger partial charge on any atom is 0.294 e. The third-order valence-electron chi connectivity index (χ3n) is 8.03. The molecule has 0 amide bonds. The highest BCUT2D eigenvalue weighted by Crippen LogP contribution is 2.32. The van der Waals surface area contributed by atoms with Crippen LogP contribution in [0.5, 0.6) is 0 Å². The highest BCUT2D eigenvalue weighted by molar-refractivity contribution is 7.85. The molecule has 1 unspecified atom stereocenters. The first-order chi connectivity index (χ1) is 22.1. The molecule has 0 aromatic heterocycles. The summed E-state index contributed by atoms with van der Waals surface area (Å²) in [7, 11) is -4.30. The summed E-state index contributed by atoms with van der Waals surface area (Å²) in [5, 5.41) is 14.2. The van der Waals surface area contributed by atoms with Crippen molar-refractivity contribution in [3.63, 3.8) is 0 Å². The van der Waals surface area contributed by atoms with Gasteiger partial charge in [0.25, 0.3) is 10.1 Å². The number of allylic oxidation sites excluding steroid dienone is 1. The molecule has 0 heterocycles. The maximum atomic E-state index is 11.4. The van der Waals surface area contributed by atoms with E-state index in [1.54, 1.807) is 6.08 Å². The van der Waals surface area contributed by atoms with E-state index >= 15 is 0 Å². The summed E-state index contributed by atoms with van der Waals surface area (Å²) in [5.74, 6) is 0. The fraction of sp³-hybridized carbons (Fsp3) is 0.103. The van der Waals surface area contributed by atoms with Gasteiger partial charge in [-0.25, -0.2) is 0 Å². The van der Waals surface area contributed by atoms with Crippen LogP contribution in [0.15, 0.2) is 132 Å². The van der Waals surface area contributed by atoms with Crippen molar-refractivity contribution in [2.75, 3.05) is 5.32 Å². The Morgan fingerprint density at radius 2 is 1.33 bits per heavy atom. The summed E-state index contributed by atoms with van der Waals surface area (Å²) < 4.78 is 31.9. The molecule has 5 nitrogen and oxygen atoms in total. The van der Waals surface area contributed by atoms with Crippen LogP contribution in [0.4, 0.5) is 5.69 Å². The fourth-order valence-electron chi connectivity index (χ4n) is 5.19. The van der Waals surface area contributed by atoms with Crippen LogP contribution in [0.1, 0.15) is 53.6 Å². The third-order valence-corrected chi connectivity index (χ3v) is 9.15. The Morgan fingerprint density at radius 1 is 0.783 bits per heavy atom. The van der Waals surface area contributed by atoms with Crippen LogP contribution >= 0.6 is 11.6 Å². The number of rotatable bonds is 10. The summed E-state index contributed by atoms with van der Waals surface area (Å²) in [6.07, 6.45) is 4.77. The Kier molecular flexibility index (Phi) is 9.89. The maximum absolute atomic E-state index is 11.4. The van der Waals surface area contributed by atoms with Crippen LogP contribution in [0.2, 0.25) is 5.02 Å². The number of hydrogen-bond donors (Lipinski definition) is 2. The number of nitrogens with zero attached hydrogens (tertiary/aromatic N) is 1. The number of nitrogens with one attached hydrogen (secondary N) is 1. The molecule has 0 fully saturated rings. The van der Waals surface area contributed by atoms with Gasteiger partial charge in [0.15, 0.2) is 0 Å². The van der Waals surface area contributed by atoms with E-state index < -0.39 is 10.1 Å². The van der Waals surface area contributed by atoms with E-state index in [-0.39, 0.29) is 10.4 Å². The van der Waals surface area contributed by atoms with Crippen LogP contribution in [0.3, 0.4) is 0 Å². The third kappa shape index (κ3) is 7.82. The van der Waals surface area contributed by atoms with Crippen molar-refractivity contribution >= 4 is 50.7 Å². The number of halogens is 1. The highest BCUT2D eigenvalue weighted by Gasteiger charge is 2.24. The Morgan fingerprint density at radius 3 is 1.89 bits per heavy atom. The minimum Gasteiger partial charge on any atom is -0.376 e. The van der Waals surface area contributed by atoms with Crippen molar-refractivity contribution in [3.8, 4) is 6.07 Å². The molecule has 5 aromatic carbocycles. The van der Waals surface area contributed by atoms with Gasteiger partial charge in [-0.2, -0.15) is 13.7 Å². The fourth-order valence-corrected chi connectivity index (χ4v) is 5.80. The average molecular weight is 645 g/mol. The minimum atomic E-state index is -4.30. The molecule has 0 spiro atoms. The van der Waals surface area contributed by atoms with Gasteiger partial charge in [0.1, 0.15) is 0 Å². The molecule has 7 heteroatoms. The second-order valence-corrected chi connectivity index (χ2v) is 13.0. The molecule has 5 rings (SSSR count). The largest absolute Gasteiger partial charge is 0.376 e. The van der Waals surface area contributed by atoms with Crippen LogP contribution < -0.4 is 5.32 Å². The summed E-state index contributed by atoms with van der Waals surface area (Å²) in [4.78, 5) is -0.217. The Balaban J connectivity index is 1.35. The molecule has 0 aliphatic rings. The second-order valence-electron chi connectivity index (χ2n) is 11.2. The van der Waals surface area contributed by atoms with Crippen LogP contribution in [0, 0.1) is 11.3 Å². The van der Waals surface area contributed by atoms with E-state index in [0.29, 0.717) is 16.2 Å². The van der Waals surface area contributed by atoms with Gasteiger partial charge >= 0.3 is 0 Å². The normalized spacial score (nSPS) is 13.5. The van der Waals surface area contributed by atoms with E-state index in [1.165, 1.54) is 24.3 Å². The van der Waals surface area contributed by atoms with E-state index in [2.05, 4.69) is 67.7 Å². The number of nitriles is 1. The average Bonchev–Trinajstić information content (AvgIpc) is 3.07. The number of benzene rings is 5. The molecule has 0 aliphatic heterocycles. The van der Waals surface area contributed by atoms with Gasteiger partial charge in [-0.15, -0.1) is 0 Å². The van der Waals surface area contributed by atoms with Crippen molar-refractivity contribution < 1.29 is 13.0 Å². The van der Waals surface area contributed by atoms with Crippen LogP contribution in [0.25, 0.3) is 23.3 Å². The molecule has 0 saturated heterocycles. The van der Waals surface area contributed by atoms with E-state index in [0.717, 1.165) is 45.5 Å². The SMILES string of the molecule is CCC(C)(Nc1ccc(/C=C(\c2ccccc2)c2ccc(Cl)cc2)cc1)c1ccc(/C=C(\C#N)c2ccc(S(=O)(=O)O)cc2)cc1. The molecule has 0 saturated carbocycles. The standard InChI is InChI=1S/C39H33ClN2O3S/c1-3-39(2,34-17-9-28(10-18-34)25-33(27-41)30-15-23-37(24-16-30)46(43,44)45)42-36-21-11-29(12-22-36)26-38(31-7-5-4-6-8-31)32-13-19-35(40)20-14-32/h4-26,42H,3H2,1-2H3,(H,43,44,45)/b33-25+,38-26+. The van der Waals surface area contributed by atoms with Gasteiger partial charge < -0.3 is 5.32 Å². The van der Waals surface area contributed by atoms with Crippen LogP contribution in [-0.4, -0.2) is 13.0 Å². The lowest BCUT2D eigenvalue weighted by Gasteiger charge is -2.32. The van der Waals surface area contributed by atoms with E-state index in [4.69, 9.17) is 11.6 Å². The predicted octanol–water partition coefficient (Wildman–Crippen LogP) is 9.98. The van der Waals surface area contributed by atoms with Crippen molar-refractivity contribution in [3.05, 3.63) is 166 Å². The quantitative estimate of drug-likeness (QED) is 0.0897. The van der Waals surface area contributed by atoms with Gasteiger partial charge in [0, 0.05) is 10.7 Å². The molecule has 5 aromatic rings. The van der Waals surface area contributed by atoms with Crippen LogP contribution in [-0.2, 0) is 15.7 Å². The number of anilines is 1. The van der Waals surface area contributed by atoms with Crippen molar-refractivity contribution in [1.29, 1.82) is 5.26 Å². The Bertz CT molecular complexity index is 2010. The molecule has 0 bridgehead atoms. The monoisotopic (exact) mass is 644 g/mol. The highest BCUT2D eigenvalue weighted by atomic mass is 35.5. The molecule has 1 atom stereocenters. The Labute approximate surface area is 275 Å². The van der Waals surface area contributed by atoms with E-state index in [1.807, 2.05) is 66.7 Å². The van der Waals surface area contributed by atoms with Crippen molar-refractivity contribution in [2.24, 2.45) is 0 Å². The first-order valence-electron chi connectivity index (χ1n) is 14.8. The first-order valence-corrected chi connectivity index (χ1v) is 16.6. The van der Waals surface area contributed by atoms with Gasteiger partial charge in [-0.05, 0) is 101 Å². The summed E-state index contributed by atoms with van der Waals surface area (Å²) in [5.41, 5.74) is 7.93. The zero-order valence-corrected chi connectivity index (χ0v) is 27.1. The van der Waals surface area contributed by atoms with Gasteiger partial charge in [-0.1, -0.05) is 110 Å². The van der Waals surface area contributed by atoms with E-state index in [9.17, 15) is 18.2 Å². The Hall–Kier alpha value is -4.93. The molecular weight excluding hydrogens is 612 g/mol. The summed E-state index contributed by atoms with van der Waals surface area (Å²) in [6.45, 7) is 4.30. The lowest BCUT2D eigenvalue weighted by Crippen LogP contribution is -2.31. The second kappa shape index (κ2) is 14.0. The lowest BCUT2D eigenvalue weighted by molar-refractivity contribution is 0.483. The minimum absolute atomic E-state index is 0.217. The smallest absolute Gasteiger partial charge is 0.294 e. The molecule has 2 N–H and O–H groups in total.